The molecule has 0 spiro atoms. The zero-order chi connectivity index (χ0) is 22.8. The molecule has 0 N–H and O–H groups in total. The summed E-state index contributed by atoms with van der Waals surface area (Å²) in [6.45, 7) is 12.4. The average Bonchev–Trinajstić information content (AvgIpc) is 2.70. The van der Waals surface area contributed by atoms with Crippen molar-refractivity contribution >= 4 is 21.9 Å². The van der Waals surface area contributed by atoms with Gasteiger partial charge in [0.15, 0.2) is 0 Å². The number of hydrogen-bond acceptors (Lipinski definition) is 5. The van der Waals surface area contributed by atoms with Crippen molar-refractivity contribution in [3.05, 3.63) is 45.2 Å². The number of aromatic nitrogens is 1. The summed E-state index contributed by atoms with van der Waals surface area (Å²) in [6, 6.07) is 6.40. The predicted octanol–water partition coefficient (Wildman–Crippen LogP) is 5.74. The third-order valence-electron chi connectivity index (χ3n) is 5.36. The molecule has 1 aromatic heterocycles. The van der Waals surface area contributed by atoms with Crippen molar-refractivity contribution < 1.29 is 19.0 Å². The van der Waals surface area contributed by atoms with E-state index in [0.717, 1.165) is 57.7 Å². The van der Waals surface area contributed by atoms with Gasteiger partial charge in [-0.05, 0) is 99.1 Å². The molecule has 1 aromatic carbocycles. The number of nitrogens with zero attached hydrogens (tertiary/aromatic N) is 1. The van der Waals surface area contributed by atoms with Gasteiger partial charge in [0.1, 0.15) is 12.4 Å². The summed E-state index contributed by atoms with van der Waals surface area (Å²) in [5.41, 5.74) is 5.95. The summed E-state index contributed by atoms with van der Waals surface area (Å²) in [7, 11) is 0. The molecule has 2 aromatic rings. The molecule has 0 saturated carbocycles. The molecule has 31 heavy (non-hydrogen) atoms. The van der Waals surface area contributed by atoms with Crippen LogP contribution in [0.15, 0.2) is 22.7 Å². The van der Waals surface area contributed by atoms with Gasteiger partial charge in [-0.3, -0.25) is 4.98 Å². The van der Waals surface area contributed by atoms with Gasteiger partial charge in [0, 0.05) is 22.2 Å². The zero-order valence-corrected chi connectivity index (χ0v) is 20.9. The van der Waals surface area contributed by atoms with Gasteiger partial charge < -0.3 is 14.2 Å². The number of carbonyl (C=O) groups excluding carboxylic acids is 1. The normalized spacial score (nSPS) is 13.7. The van der Waals surface area contributed by atoms with Gasteiger partial charge in [-0.1, -0.05) is 6.07 Å². The Morgan fingerprint density at radius 1 is 1.26 bits per heavy atom. The van der Waals surface area contributed by atoms with Crippen molar-refractivity contribution in [1.29, 1.82) is 0 Å². The number of carbonyl (C=O) groups is 1. The Kier molecular flexibility index (Phi) is 7.43. The van der Waals surface area contributed by atoms with Crippen LogP contribution in [0.1, 0.15) is 56.6 Å². The Labute approximate surface area is 193 Å². The number of halogens is 1. The number of rotatable bonds is 7. The first-order valence-electron chi connectivity index (χ1n) is 10.8. The molecule has 0 saturated heterocycles. The first kappa shape index (κ1) is 23.7. The van der Waals surface area contributed by atoms with Gasteiger partial charge in [0.2, 0.25) is 0 Å². The van der Waals surface area contributed by atoms with Gasteiger partial charge in [-0.15, -0.1) is 0 Å². The van der Waals surface area contributed by atoms with E-state index in [1.807, 2.05) is 41.5 Å². The van der Waals surface area contributed by atoms with Crippen LogP contribution in [-0.2, 0) is 27.1 Å². The van der Waals surface area contributed by atoms with Gasteiger partial charge >= 0.3 is 5.97 Å². The maximum atomic E-state index is 12.0. The highest BCUT2D eigenvalue weighted by Gasteiger charge is 2.27. The lowest BCUT2D eigenvalue weighted by molar-refractivity contribution is -0.158. The highest BCUT2D eigenvalue weighted by Crippen LogP contribution is 2.39. The van der Waals surface area contributed by atoms with Gasteiger partial charge in [-0.2, -0.15) is 0 Å². The van der Waals surface area contributed by atoms with E-state index in [1.54, 1.807) is 0 Å². The van der Waals surface area contributed by atoms with Crippen molar-refractivity contribution in [1.82, 2.24) is 4.98 Å². The fourth-order valence-electron chi connectivity index (χ4n) is 3.92. The topological polar surface area (TPSA) is 57.7 Å². The maximum absolute atomic E-state index is 12.0. The molecule has 3 rings (SSSR count). The minimum atomic E-state index is -0.566. The highest BCUT2D eigenvalue weighted by molar-refractivity contribution is 9.10. The SMILES string of the molecule is Cc1nc(C)c(CC(C)(C)OCC(=O)OC(C)C)c(-c2ccc3c(c2)CCCO3)c1Br. The second-order valence-electron chi connectivity index (χ2n) is 8.99. The highest BCUT2D eigenvalue weighted by atomic mass is 79.9. The van der Waals surface area contributed by atoms with Crippen molar-refractivity contribution in [2.75, 3.05) is 13.2 Å². The second kappa shape index (κ2) is 9.70. The first-order chi connectivity index (χ1) is 14.6. The molecule has 0 bridgehead atoms. The number of pyridine rings is 1. The predicted molar refractivity (Wildman–Crippen MR) is 126 cm³/mol. The summed E-state index contributed by atoms with van der Waals surface area (Å²) in [4.78, 5) is 16.7. The third-order valence-corrected chi connectivity index (χ3v) is 6.33. The number of fused-ring (bicyclic) bond motifs is 1. The fourth-order valence-corrected chi connectivity index (χ4v) is 4.48. The molecule has 1 aliphatic rings. The summed E-state index contributed by atoms with van der Waals surface area (Å²) < 4.78 is 18.0. The van der Waals surface area contributed by atoms with E-state index in [1.165, 1.54) is 5.56 Å². The van der Waals surface area contributed by atoms with Crippen LogP contribution in [0.25, 0.3) is 11.1 Å². The lowest BCUT2D eigenvalue weighted by atomic mass is 9.89. The van der Waals surface area contributed by atoms with Crippen LogP contribution in [0.5, 0.6) is 5.75 Å². The molecule has 168 valence electrons. The first-order valence-corrected chi connectivity index (χ1v) is 11.6. The monoisotopic (exact) mass is 489 g/mol. The number of ether oxygens (including phenoxy) is 3. The molecule has 0 fully saturated rings. The Hall–Kier alpha value is -1.92. The second-order valence-corrected chi connectivity index (χ2v) is 9.78. The van der Waals surface area contributed by atoms with E-state index < -0.39 is 5.60 Å². The van der Waals surface area contributed by atoms with Crippen molar-refractivity contribution in [3.8, 4) is 16.9 Å². The molecular formula is C25H32BrNO4. The molecular weight excluding hydrogens is 458 g/mol. The van der Waals surface area contributed by atoms with E-state index in [-0.39, 0.29) is 18.7 Å². The van der Waals surface area contributed by atoms with E-state index in [2.05, 4.69) is 34.1 Å². The number of aryl methyl sites for hydroxylation is 3. The minimum absolute atomic E-state index is 0.0732. The number of hydrogen-bond donors (Lipinski definition) is 0. The largest absolute Gasteiger partial charge is 0.493 e. The summed E-state index contributed by atoms with van der Waals surface area (Å²) >= 11 is 3.79. The van der Waals surface area contributed by atoms with E-state index >= 15 is 0 Å². The standard InChI is InChI=1S/C25H32BrNO4/c1-15(2)31-22(28)14-30-25(5,6)13-20-16(3)27-17(4)24(26)23(20)19-9-10-21-18(12-19)8-7-11-29-21/h9-10,12,15H,7-8,11,13-14H2,1-6H3. The molecule has 0 amide bonds. The molecule has 0 atom stereocenters. The van der Waals surface area contributed by atoms with Crippen LogP contribution < -0.4 is 4.74 Å². The maximum Gasteiger partial charge on any atom is 0.332 e. The molecule has 5 nitrogen and oxygen atoms in total. The number of benzene rings is 1. The van der Waals surface area contributed by atoms with E-state index in [4.69, 9.17) is 19.2 Å². The lowest BCUT2D eigenvalue weighted by Gasteiger charge is -2.28. The van der Waals surface area contributed by atoms with Crippen molar-refractivity contribution in [2.24, 2.45) is 0 Å². The smallest absolute Gasteiger partial charge is 0.332 e. The van der Waals surface area contributed by atoms with Gasteiger partial charge in [-0.25, -0.2) is 4.79 Å². The average molecular weight is 490 g/mol. The van der Waals surface area contributed by atoms with Gasteiger partial charge in [0.05, 0.1) is 24.0 Å². The van der Waals surface area contributed by atoms with E-state index in [9.17, 15) is 4.79 Å². The van der Waals surface area contributed by atoms with Crippen molar-refractivity contribution in [3.63, 3.8) is 0 Å². The molecule has 2 heterocycles. The summed E-state index contributed by atoms with van der Waals surface area (Å²) in [6.07, 6.45) is 2.51. The Morgan fingerprint density at radius 2 is 2.00 bits per heavy atom. The molecule has 6 heteroatoms. The molecule has 0 unspecified atom stereocenters. The minimum Gasteiger partial charge on any atom is -0.493 e. The Bertz CT molecular complexity index is 968. The number of esters is 1. The Morgan fingerprint density at radius 3 is 2.71 bits per heavy atom. The molecule has 0 aliphatic carbocycles. The fraction of sp³-hybridized carbons (Fsp3) is 0.520. The molecule has 0 radical (unpaired) electrons. The van der Waals surface area contributed by atoms with Crippen molar-refractivity contribution in [2.45, 2.75) is 72.5 Å². The van der Waals surface area contributed by atoms with Crippen LogP contribution in [0, 0.1) is 13.8 Å². The lowest BCUT2D eigenvalue weighted by Crippen LogP contribution is -2.32. The summed E-state index contributed by atoms with van der Waals surface area (Å²) in [5.74, 6) is 0.625. The van der Waals surface area contributed by atoms with E-state index in [0.29, 0.717) is 6.42 Å². The van der Waals surface area contributed by atoms with Crippen LogP contribution in [0.2, 0.25) is 0 Å². The van der Waals surface area contributed by atoms with Crippen LogP contribution in [-0.4, -0.2) is 35.9 Å². The molecule has 1 aliphatic heterocycles. The third kappa shape index (κ3) is 5.86. The Balaban J connectivity index is 1.94. The summed E-state index contributed by atoms with van der Waals surface area (Å²) in [5, 5.41) is 0. The van der Waals surface area contributed by atoms with Gasteiger partial charge in [0.25, 0.3) is 0 Å². The van der Waals surface area contributed by atoms with Crippen LogP contribution in [0.4, 0.5) is 0 Å². The quantitative estimate of drug-likeness (QED) is 0.463. The zero-order valence-electron chi connectivity index (χ0n) is 19.3. The van der Waals surface area contributed by atoms with Crippen LogP contribution >= 0.6 is 15.9 Å². The van der Waals surface area contributed by atoms with Crippen LogP contribution in [0.3, 0.4) is 0 Å².